The Morgan fingerprint density at radius 2 is 1.52 bits per heavy atom. The normalized spacial score (nSPS) is 15.0. The van der Waals surface area contributed by atoms with Gasteiger partial charge in [-0.3, -0.25) is 0 Å². The second-order valence-corrected chi connectivity index (χ2v) is 8.23. The Kier molecular flexibility index (Phi) is 3.20. The highest BCUT2D eigenvalue weighted by molar-refractivity contribution is 7.21. The number of halogens is 2. The van der Waals surface area contributed by atoms with Gasteiger partial charge in [0.1, 0.15) is 0 Å². The minimum Gasteiger partial charge on any atom is -0.143 e. The van der Waals surface area contributed by atoms with Crippen LogP contribution in [0.5, 0.6) is 0 Å². The second kappa shape index (κ2) is 4.85. The van der Waals surface area contributed by atoms with E-state index in [1.807, 2.05) is 34.8 Å². The van der Waals surface area contributed by atoms with Crippen molar-refractivity contribution in [1.82, 2.24) is 0 Å². The lowest BCUT2D eigenvalue weighted by molar-refractivity contribution is 0.585. The van der Waals surface area contributed by atoms with Crippen LogP contribution in [0.4, 0.5) is 0 Å². The third kappa shape index (κ3) is 2.01. The van der Waals surface area contributed by atoms with Crippen LogP contribution in [0.15, 0.2) is 41.1 Å². The Morgan fingerprint density at radius 1 is 0.905 bits per heavy atom. The van der Waals surface area contributed by atoms with E-state index in [1.165, 1.54) is 26.4 Å². The molecule has 3 aromatic rings. The molecule has 4 rings (SSSR count). The van der Waals surface area contributed by atoms with Crippen molar-refractivity contribution < 1.29 is 0 Å². The van der Waals surface area contributed by atoms with E-state index in [0.29, 0.717) is 10.0 Å². The van der Waals surface area contributed by atoms with Crippen molar-refractivity contribution in [1.29, 1.82) is 0 Å². The molecule has 0 saturated heterocycles. The Hall–Kier alpha value is -0.800. The molecule has 0 aliphatic heterocycles. The van der Waals surface area contributed by atoms with Crippen LogP contribution in [0.3, 0.4) is 0 Å². The standard InChI is InChI=1S/C17H12Cl2S2/c1-17(9-10-2-3-13(18)14(19)8-10)11-4-6-20-15(11)16-12(17)5-7-21-16/h2-8H,9H2,1H3. The van der Waals surface area contributed by atoms with Crippen molar-refractivity contribution in [3.05, 3.63) is 67.8 Å². The fourth-order valence-electron chi connectivity index (χ4n) is 3.23. The van der Waals surface area contributed by atoms with E-state index in [2.05, 4.69) is 35.9 Å². The van der Waals surface area contributed by atoms with Crippen LogP contribution in [0.2, 0.25) is 10.0 Å². The maximum Gasteiger partial charge on any atom is 0.0595 e. The fraction of sp³-hybridized carbons (Fsp3) is 0.176. The van der Waals surface area contributed by atoms with E-state index in [0.717, 1.165) is 6.42 Å². The molecule has 2 heterocycles. The molecule has 0 radical (unpaired) electrons. The average Bonchev–Trinajstić information content (AvgIpc) is 3.12. The van der Waals surface area contributed by atoms with Crippen molar-refractivity contribution in [2.45, 2.75) is 18.8 Å². The average molecular weight is 351 g/mol. The van der Waals surface area contributed by atoms with E-state index in [9.17, 15) is 0 Å². The fourth-order valence-corrected chi connectivity index (χ4v) is 5.80. The van der Waals surface area contributed by atoms with Gasteiger partial charge >= 0.3 is 0 Å². The van der Waals surface area contributed by atoms with Gasteiger partial charge in [0.05, 0.1) is 10.0 Å². The molecular formula is C17H12Cl2S2. The lowest BCUT2D eigenvalue weighted by atomic mass is 9.76. The summed E-state index contributed by atoms with van der Waals surface area (Å²) in [4.78, 5) is 2.87. The third-order valence-electron chi connectivity index (χ3n) is 4.27. The zero-order valence-electron chi connectivity index (χ0n) is 11.3. The third-order valence-corrected chi connectivity index (χ3v) is 7.00. The molecule has 0 saturated carbocycles. The summed E-state index contributed by atoms with van der Waals surface area (Å²) < 4.78 is 0. The monoisotopic (exact) mass is 350 g/mol. The molecule has 0 fully saturated rings. The van der Waals surface area contributed by atoms with Gasteiger partial charge in [0, 0.05) is 15.2 Å². The van der Waals surface area contributed by atoms with Crippen LogP contribution in [-0.4, -0.2) is 0 Å². The summed E-state index contributed by atoms with van der Waals surface area (Å²) in [5.74, 6) is 0. The van der Waals surface area contributed by atoms with E-state index in [4.69, 9.17) is 23.2 Å². The highest BCUT2D eigenvalue weighted by Crippen LogP contribution is 2.54. The molecule has 106 valence electrons. The number of thiophene rings is 2. The SMILES string of the molecule is CC1(Cc2ccc(Cl)c(Cl)c2)c2ccsc2-c2sccc21. The van der Waals surface area contributed by atoms with Crippen LogP contribution in [0.25, 0.3) is 9.75 Å². The first-order valence-electron chi connectivity index (χ1n) is 6.70. The summed E-state index contributed by atoms with van der Waals surface area (Å²) in [6.45, 7) is 2.33. The Morgan fingerprint density at radius 3 is 2.10 bits per heavy atom. The van der Waals surface area contributed by atoms with E-state index < -0.39 is 0 Å². The van der Waals surface area contributed by atoms with Crippen molar-refractivity contribution in [3.8, 4) is 9.75 Å². The zero-order chi connectivity index (χ0) is 14.6. The molecule has 21 heavy (non-hydrogen) atoms. The molecule has 0 bridgehead atoms. The van der Waals surface area contributed by atoms with Gasteiger partial charge in [-0.15, -0.1) is 22.7 Å². The van der Waals surface area contributed by atoms with Crippen molar-refractivity contribution in [2.24, 2.45) is 0 Å². The summed E-state index contributed by atoms with van der Waals surface area (Å²) in [7, 11) is 0. The van der Waals surface area contributed by atoms with Crippen LogP contribution in [0.1, 0.15) is 23.6 Å². The predicted octanol–water partition coefficient (Wildman–Crippen LogP) is 6.65. The molecule has 0 N–H and O–H groups in total. The number of hydrogen-bond donors (Lipinski definition) is 0. The maximum absolute atomic E-state index is 6.18. The summed E-state index contributed by atoms with van der Waals surface area (Å²) in [6.07, 6.45) is 0.942. The van der Waals surface area contributed by atoms with E-state index >= 15 is 0 Å². The number of rotatable bonds is 2. The first kappa shape index (κ1) is 13.8. The van der Waals surface area contributed by atoms with E-state index in [-0.39, 0.29) is 5.41 Å². The van der Waals surface area contributed by atoms with Crippen LogP contribution in [0, 0.1) is 0 Å². The molecule has 4 heteroatoms. The minimum absolute atomic E-state index is 0.0296. The Balaban J connectivity index is 1.83. The van der Waals surface area contributed by atoms with Gasteiger partial charge in [0.2, 0.25) is 0 Å². The van der Waals surface area contributed by atoms with Gasteiger partial charge in [-0.2, -0.15) is 0 Å². The molecule has 0 spiro atoms. The number of hydrogen-bond acceptors (Lipinski definition) is 2. The topological polar surface area (TPSA) is 0 Å². The van der Waals surface area contributed by atoms with Gasteiger partial charge in [-0.25, -0.2) is 0 Å². The van der Waals surface area contributed by atoms with Gasteiger partial charge < -0.3 is 0 Å². The molecule has 1 aliphatic carbocycles. The van der Waals surface area contributed by atoms with Crippen LogP contribution < -0.4 is 0 Å². The quantitative estimate of drug-likeness (QED) is 0.485. The zero-order valence-corrected chi connectivity index (χ0v) is 14.5. The molecular weight excluding hydrogens is 339 g/mol. The van der Waals surface area contributed by atoms with Crippen molar-refractivity contribution in [2.75, 3.05) is 0 Å². The molecule has 0 nitrogen and oxygen atoms in total. The minimum atomic E-state index is 0.0296. The largest absolute Gasteiger partial charge is 0.143 e. The lowest BCUT2D eigenvalue weighted by Gasteiger charge is -2.26. The summed E-state index contributed by atoms with van der Waals surface area (Å²) in [6, 6.07) is 10.5. The smallest absolute Gasteiger partial charge is 0.0595 e. The lowest BCUT2D eigenvalue weighted by Crippen LogP contribution is -2.23. The summed E-state index contributed by atoms with van der Waals surface area (Å²) >= 11 is 15.9. The predicted molar refractivity (Wildman–Crippen MR) is 94.3 cm³/mol. The molecule has 1 aliphatic rings. The van der Waals surface area contributed by atoms with Crippen LogP contribution in [-0.2, 0) is 11.8 Å². The van der Waals surface area contributed by atoms with E-state index in [1.54, 1.807) is 0 Å². The molecule has 1 aromatic carbocycles. The molecule has 0 amide bonds. The molecule has 0 atom stereocenters. The van der Waals surface area contributed by atoms with Crippen LogP contribution >= 0.6 is 45.9 Å². The Bertz CT molecular complexity index is 789. The van der Waals surface area contributed by atoms with Gasteiger partial charge in [0.25, 0.3) is 0 Å². The molecule has 2 aromatic heterocycles. The number of fused-ring (bicyclic) bond motifs is 3. The second-order valence-electron chi connectivity index (χ2n) is 5.58. The first-order chi connectivity index (χ1) is 10.1. The van der Waals surface area contributed by atoms with Crippen molar-refractivity contribution in [3.63, 3.8) is 0 Å². The van der Waals surface area contributed by atoms with Gasteiger partial charge in [0.15, 0.2) is 0 Å². The highest BCUT2D eigenvalue weighted by Gasteiger charge is 2.41. The van der Waals surface area contributed by atoms with Gasteiger partial charge in [-0.05, 0) is 58.1 Å². The molecule has 0 unspecified atom stereocenters. The van der Waals surface area contributed by atoms with Gasteiger partial charge in [-0.1, -0.05) is 36.2 Å². The summed E-state index contributed by atoms with van der Waals surface area (Å²) in [5.41, 5.74) is 4.14. The number of benzene rings is 1. The van der Waals surface area contributed by atoms with Crippen molar-refractivity contribution >= 4 is 45.9 Å². The Labute approximate surface area is 142 Å². The highest BCUT2D eigenvalue weighted by atomic mass is 35.5. The maximum atomic E-state index is 6.18. The first-order valence-corrected chi connectivity index (χ1v) is 9.21. The summed E-state index contributed by atoms with van der Waals surface area (Å²) in [5, 5.41) is 5.64.